The largest absolute Gasteiger partial charge is 0.313 e. The third-order valence-electron chi connectivity index (χ3n) is 5.35. The van der Waals surface area contributed by atoms with Gasteiger partial charge in [-0.3, -0.25) is 0 Å². The van der Waals surface area contributed by atoms with Crippen molar-refractivity contribution < 1.29 is 0 Å². The van der Waals surface area contributed by atoms with Crippen LogP contribution in [0.3, 0.4) is 0 Å². The van der Waals surface area contributed by atoms with E-state index in [4.69, 9.17) is 0 Å². The lowest BCUT2D eigenvalue weighted by atomic mass is 9.92. The van der Waals surface area contributed by atoms with Gasteiger partial charge in [-0.15, -0.1) is 0 Å². The number of rotatable bonds is 5. The summed E-state index contributed by atoms with van der Waals surface area (Å²) >= 11 is 0. The van der Waals surface area contributed by atoms with Crippen LogP contribution in [0.2, 0.25) is 0 Å². The molecule has 1 aliphatic carbocycles. The zero-order valence-corrected chi connectivity index (χ0v) is 12.8. The third kappa shape index (κ3) is 3.48. The van der Waals surface area contributed by atoms with Gasteiger partial charge < -0.3 is 10.2 Å². The molecule has 1 unspecified atom stereocenters. The maximum absolute atomic E-state index is 3.88. The standard InChI is InChI=1S/C16H32N2/c1-13(2)16(8-9-16)12-17-15-6-5-10-18(11-7-15)14(3)4/h13-15,17H,5-12H2,1-4H3. The summed E-state index contributed by atoms with van der Waals surface area (Å²) in [5.41, 5.74) is 0.657. The second-order valence-corrected chi connectivity index (χ2v) is 7.16. The number of hydrogen-bond donors (Lipinski definition) is 1. The average molecular weight is 252 g/mol. The van der Waals surface area contributed by atoms with E-state index in [-0.39, 0.29) is 0 Å². The van der Waals surface area contributed by atoms with Gasteiger partial charge >= 0.3 is 0 Å². The Morgan fingerprint density at radius 2 is 1.83 bits per heavy atom. The van der Waals surface area contributed by atoms with E-state index in [1.165, 1.54) is 51.7 Å². The zero-order valence-electron chi connectivity index (χ0n) is 12.8. The summed E-state index contributed by atoms with van der Waals surface area (Å²) in [4.78, 5) is 2.64. The molecular formula is C16H32N2. The smallest absolute Gasteiger partial charge is 0.00799 e. The third-order valence-corrected chi connectivity index (χ3v) is 5.35. The minimum absolute atomic E-state index is 0.657. The van der Waals surface area contributed by atoms with Gasteiger partial charge in [-0.25, -0.2) is 0 Å². The SMILES string of the molecule is CC(C)N1CCCC(NCC2(C(C)C)CC2)CC1. The molecule has 1 saturated heterocycles. The molecule has 0 radical (unpaired) electrons. The van der Waals surface area contributed by atoms with Crippen LogP contribution < -0.4 is 5.32 Å². The molecule has 0 spiro atoms. The molecule has 18 heavy (non-hydrogen) atoms. The molecule has 2 aliphatic rings. The summed E-state index contributed by atoms with van der Waals surface area (Å²) in [6, 6.07) is 1.49. The molecule has 2 nitrogen and oxygen atoms in total. The average Bonchev–Trinajstić information content (AvgIpc) is 3.11. The predicted molar refractivity (Wildman–Crippen MR) is 78.9 cm³/mol. The Hall–Kier alpha value is -0.0800. The molecule has 1 aliphatic heterocycles. The van der Waals surface area contributed by atoms with E-state index in [9.17, 15) is 0 Å². The molecule has 2 rings (SSSR count). The highest BCUT2D eigenvalue weighted by molar-refractivity contribution is 4.97. The summed E-state index contributed by atoms with van der Waals surface area (Å²) < 4.78 is 0. The first-order valence-corrected chi connectivity index (χ1v) is 8.01. The fourth-order valence-corrected chi connectivity index (χ4v) is 3.31. The highest BCUT2D eigenvalue weighted by atomic mass is 15.1. The normalized spacial score (nSPS) is 28.7. The molecule has 0 bridgehead atoms. The van der Waals surface area contributed by atoms with E-state index in [0.29, 0.717) is 11.5 Å². The Morgan fingerprint density at radius 3 is 2.39 bits per heavy atom. The monoisotopic (exact) mass is 252 g/mol. The molecule has 0 aromatic rings. The van der Waals surface area contributed by atoms with Crippen LogP contribution >= 0.6 is 0 Å². The van der Waals surface area contributed by atoms with Gasteiger partial charge in [-0.05, 0) is 70.4 Å². The van der Waals surface area contributed by atoms with Crippen LogP contribution in [-0.4, -0.2) is 36.6 Å². The summed E-state index contributed by atoms with van der Waals surface area (Å²) in [5.74, 6) is 0.850. The van der Waals surface area contributed by atoms with Crippen LogP contribution in [0.4, 0.5) is 0 Å². The summed E-state index contributed by atoms with van der Waals surface area (Å²) in [5, 5.41) is 3.88. The van der Waals surface area contributed by atoms with E-state index < -0.39 is 0 Å². The summed E-state index contributed by atoms with van der Waals surface area (Å²) in [7, 11) is 0. The van der Waals surface area contributed by atoms with Crippen LogP contribution in [0.5, 0.6) is 0 Å². The van der Waals surface area contributed by atoms with Crippen molar-refractivity contribution in [3.05, 3.63) is 0 Å². The maximum Gasteiger partial charge on any atom is 0.00799 e. The van der Waals surface area contributed by atoms with Gasteiger partial charge in [0.25, 0.3) is 0 Å². The number of nitrogens with zero attached hydrogens (tertiary/aromatic N) is 1. The quantitative estimate of drug-likeness (QED) is 0.808. The maximum atomic E-state index is 3.88. The molecule has 1 saturated carbocycles. The highest BCUT2D eigenvalue weighted by Gasteiger charge is 2.45. The lowest BCUT2D eigenvalue weighted by molar-refractivity contribution is 0.227. The minimum Gasteiger partial charge on any atom is -0.313 e. The van der Waals surface area contributed by atoms with Gasteiger partial charge in [-0.1, -0.05) is 13.8 Å². The predicted octanol–water partition coefficient (Wildman–Crippen LogP) is 3.28. The molecule has 0 aromatic heterocycles. The lowest BCUT2D eigenvalue weighted by Crippen LogP contribution is -2.37. The fraction of sp³-hybridized carbons (Fsp3) is 1.00. The first-order chi connectivity index (χ1) is 8.53. The molecule has 2 fully saturated rings. The van der Waals surface area contributed by atoms with Crippen LogP contribution in [0.1, 0.15) is 59.8 Å². The van der Waals surface area contributed by atoms with Crippen molar-refractivity contribution in [2.24, 2.45) is 11.3 Å². The molecule has 1 atom stereocenters. The molecule has 1 N–H and O–H groups in total. The van der Waals surface area contributed by atoms with Crippen molar-refractivity contribution in [3.63, 3.8) is 0 Å². The summed E-state index contributed by atoms with van der Waals surface area (Å²) in [6.07, 6.45) is 6.97. The van der Waals surface area contributed by atoms with E-state index >= 15 is 0 Å². The molecule has 2 heteroatoms. The Bertz CT molecular complexity index is 256. The van der Waals surface area contributed by atoms with Gasteiger partial charge in [0.05, 0.1) is 0 Å². The second-order valence-electron chi connectivity index (χ2n) is 7.16. The van der Waals surface area contributed by atoms with Gasteiger partial charge in [0, 0.05) is 18.6 Å². The second kappa shape index (κ2) is 5.92. The number of hydrogen-bond acceptors (Lipinski definition) is 2. The molecular weight excluding hydrogens is 220 g/mol. The Kier molecular flexibility index (Phi) is 4.71. The van der Waals surface area contributed by atoms with Crippen molar-refractivity contribution in [2.75, 3.05) is 19.6 Å². The number of likely N-dealkylation sites (tertiary alicyclic amines) is 1. The molecule has 0 amide bonds. The fourth-order valence-electron chi connectivity index (χ4n) is 3.31. The zero-order chi connectivity index (χ0) is 13.2. The van der Waals surface area contributed by atoms with E-state index in [1.807, 2.05) is 0 Å². The van der Waals surface area contributed by atoms with Gasteiger partial charge in [0.1, 0.15) is 0 Å². The van der Waals surface area contributed by atoms with Gasteiger partial charge in [0.2, 0.25) is 0 Å². The van der Waals surface area contributed by atoms with Crippen molar-refractivity contribution >= 4 is 0 Å². The minimum atomic E-state index is 0.657. The van der Waals surface area contributed by atoms with Crippen molar-refractivity contribution in [1.29, 1.82) is 0 Å². The Balaban J connectivity index is 1.74. The number of nitrogens with one attached hydrogen (secondary N) is 1. The molecule has 106 valence electrons. The van der Waals surface area contributed by atoms with Crippen LogP contribution in [0.25, 0.3) is 0 Å². The first-order valence-electron chi connectivity index (χ1n) is 8.01. The molecule has 0 aromatic carbocycles. The van der Waals surface area contributed by atoms with Crippen LogP contribution in [0.15, 0.2) is 0 Å². The van der Waals surface area contributed by atoms with Crippen molar-refractivity contribution in [2.45, 2.75) is 71.9 Å². The van der Waals surface area contributed by atoms with Crippen LogP contribution in [0, 0.1) is 11.3 Å². The first kappa shape index (κ1) is 14.3. The van der Waals surface area contributed by atoms with Crippen LogP contribution in [-0.2, 0) is 0 Å². The Morgan fingerprint density at radius 1 is 1.11 bits per heavy atom. The van der Waals surface area contributed by atoms with Crippen molar-refractivity contribution in [3.8, 4) is 0 Å². The van der Waals surface area contributed by atoms with Gasteiger partial charge in [0.15, 0.2) is 0 Å². The summed E-state index contributed by atoms with van der Waals surface area (Å²) in [6.45, 7) is 13.3. The van der Waals surface area contributed by atoms with E-state index in [1.54, 1.807) is 0 Å². The lowest BCUT2D eigenvalue weighted by Gasteiger charge is -2.26. The van der Waals surface area contributed by atoms with Gasteiger partial charge in [-0.2, -0.15) is 0 Å². The Labute approximate surface area is 114 Å². The molecule has 1 heterocycles. The topological polar surface area (TPSA) is 15.3 Å². The van der Waals surface area contributed by atoms with E-state index in [0.717, 1.165) is 12.0 Å². The van der Waals surface area contributed by atoms with E-state index in [2.05, 4.69) is 37.9 Å². The highest BCUT2D eigenvalue weighted by Crippen LogP contribution is 2.51. The van der Waals surface area contributed by atoms with Crippen molar-refractivity contribution in [1.82, 2.24) is 10.2 Å².